The van der Waals surface area contributed by atoms with Crippen molar-refractivity contribution in [3.8, 4) is 0 Å². The summed E-state index contributed by atoms with van der Waals surface area (Å²) in [4.78, 5) is 13.5. The van der Waals surface area contributed by atoms with E-state index in [1.54, 1.807) is 11.1 Å². The third-order valence-corrected chi connectivity index (χ3v) is 2.36. The predicted molar refractivity (Wildman–Crippen MR) is 61.1 cm³/mol. The lowest BCUT2D eigenvalue weighted by Crippen LogP contribution is -2.45. The van der Waals surface area contributed by atoms with E-state index in [-0.39, 0.29) is 12.3 Å². The second kappa shape index (κ2) is 4.37. The van der Waals surface area contributed by atoms with Crippen LogP contribution < -0.4 is 5.32 Å². The molecule has 1 N–H and O–H groups in total. The van der Waals surface area contributed by atoms with Crippen LogP contribution in [0.25, 0.3) is 5.57 Å². The van der Waals surface area contributed by atoms with Crippen LogP contribution in [0.2, 0.25) is 0 Å². The van der Waals surface area contributed by atoms with Crippen molar-refractivity contribution in [3.63, 3.8) is 0 Å². The van der Waals surface area contributed by atoms with E-state index in [0.29, 0.717) is 5.57 Å². The molecule has 0 radical (unpaired) electrons. The zero-order valence-corrected chi connectivity index (χ0v) is 9.31. The fourth-order valence-electron chi connectivity index (χ4n) is 1.49. The number of benzene rings is 1. The normalized spacial score (nSPS) is 20.1. The molecular formula is C12H14N2O2. The third-order valence-electron chi connectivity index (χ3n) is 2.36. The molecule has 1 aromatic carbocycles. The molecule has 0 amide bonds. The molecule has 4 heteroatoms. The minimum absolute atomic E-state index is 0.302. The van der Waals surface area contributed by atoms with E-state index < -0.39 is 0 Å². The molecule has 0 aliphatic carbocycles. The van der Waals surface area contributed by atoms with Crippen LogP contribution in [0.15, 0.2) is 36.5 Å². The first-order valence-electron chi connectivity index (χ1n) is 5.07. The quantitative estimate of drug-likeness (QED) is 0.752. The molecule has 1 aromatic rings. The molecule has 1 heterocycles. The van der Waals surface area contributed by atoms with Gasteiger partial charge < -0.3 is 10.1 Å². The highest BCUT2D eigenvalue weighted by Crippen LogP contribution is 2.18. The Morgan fingerprint density at radius 1 is 1.25 bits per heavy atom. The number of hydrogen-bond donors (Lipinski definition) is 1. The molecule has 1 aliphatic rings. The van der Waals surface area contributed by atoms with E-state index in [1.807, 2.05) is 44.4 Å². The van der Waals surface area contributed by atoms with E-state index in [4.69, 9.17) is 4.74 Å². The van der Waals surface area contributed by atoms with Gasteiger partial charge in [-0.25, -0.2) is 4.79 Å². The highest BCUT2D eigenvalue weighted by molar-refractivity contribution is 6.16. The summed E-state index contributed by atoms with van der Waals surface area (Å²) in [5.74, 6) is -0.302. The van der Waals surface area contributed by atoms with Gasteiger partial charge in [-0.1, -0.05) is 30.3 Å². The number of hydrogen-bond acceptors (Lipinski definition) is 4. The number of nitrogens with zero attached hydrogens (tertiary/aromatic N) is 1. The molecule has 1 unspecified atom stereocenters. The van der Waals surface area contributed by atoms with E-state index in [1.165, 1.54) is 0 Å². The molecule has 0 fully saturated rings. The first kappa shape index (κ1) is 10.7. The van der Waals surface area contributed by atoms with Gasteiger partial charge in [0.05, 0.1) is 5.57 Å². The summed E-state index contributed by atoms with van der Waals surface area (Å²) in [6.07, 6.45) is 1.31. The number of rotatable bonds is 2. The van der Waals surface area contributed by atoms with Crippen LogP contribution >= 0.6 is 0 Å². The van der Waals surface area contributed by atoms with E-state index in [0.717, 1.165) is 5.56 Å². The Hall–Kier alpha value is -1.81. The summed E-state index contributed by atoms with van der Waals surface area (Å²) < 4.78 is 5.22. The fourth-order valence-corrected chi connectivity index (χ4v) is 1.49. The molecule has 0 bridgehead atoms. The number of esters is 1. The van der Waals surface area contributed by atoms with Gasteiger partial charge in [-0.3, -0.25) is 4.90 Å². The van der Waals surface area contributed by atoms with Gasteiger partial charge >= 0.3 is 5.97 Å². The van der Waals surface area contributed by atoms with Crippen LogP contribution in [0.4, 0.5) is 0 Å². The van der Waals surface area contributed by atoms with Gasteiger partial charge in [0.15, 0.2) is 0 Å². The number of carbonyl (C=O) groups is 1. The minimum Gasteiger partial charge on any atom is -0.424 e. The molecular weight excluding hydrogens is 204 g/mol. The monoisotopic (exact) mass is 218 g/mol. The smallest absolute Gasteiger partial charge is 0.343 e. The SMILES string of the molecule is CN(C)C1NC=C(c2ccccc2)C(=O)O1. The molecule has 0 saturated heterocycles. The Morgan fingerprint density at radius 2 is 1.94 bits per heavy atom. The highest BCUT2D eigenvalue weighted by Gasteiger charge is 2.24. The maximum atomic E-state index is 11.8. The topological polar surface area (TPSA) is 41.6 Å². The van der Waals surface area contributed by atoms with E-state index >= 15 is 0 Å². The second-order valence-electron chi connectivity index (χ2n) is 3.81. The van der Waals surface area contributed by atoms with Crippen molar-refractivity contribution in [1.29, 1.82) is 0 Å². The third kappa shape index (κ3) is 2.06. The number of ether oxygens (including phenoxy) is 1. The summed E-state index contributed by atoms with van der Waals surface area (Å²) in [6, 6.07) is 9.45. The lowest BCUT2D eigenvalue weighted by molar-refractivity contribution is -0.153. The zero-order valence-electron chi connectivity index (χ0n) is 9.31. The maximum Gasteiger partial charge on any atom is 0.343 e. The first-order valence-corrected chi connectivity index (χ1v) is 5.07. The molecule has 0 saturated carbocycles. The van der Waals surface area contributed by atoms with Crippen LogP contribution in [0.3, 0.4) is 0 Å². The average molecular weight is 218 g/mol. The van der Waals surface area contributed by atoms with Crippen molar-refractivity contribution < 1.29 is 9.53 Å². The fraction of sp³-hybridized carbons (Fsp3) is 0.250. The summed E-state index contributed by atoms with van der Waals surface area (Å²) in [6.45, 7) is 0. The van der Waals surface area contributed by atoms with Gasteiger partial charge in [0.25, 0.3) is 0 Å². The van der Waals surface area contributed by atoms with E-state index in [2.05, 4.69) is 5.32 Å². The largest absolute Gasteiger partial charge is 0.424 e. The van der Waals surface area contributed by atoms with Crippen molar-refractivity contribution in [1.82, 2.24) is 10.2 Å². The van der Waals surface area contributed by atoms with Crippen molar-refractivity contribution >= 4 is 11.5 Å². The van der Waals surface area contributed by atoms with Crippen LogP contribution in [-0.4, -0.2) is 31.3 Å². The van der Waals surface area contributed by atoms with Gasteiger partial charge in [-0.05, 0) is 19.7 Å². The standard InChI is InChI=1S/C12H14N2O2/c1-14(2)12-13-8-10(11(15)16-12)9-6-4-3-5-7-9/h3-8,12-13H,1-2H3. The minimum atomic E-state index is -0.389. The van der Waals surface area contributed by atoms with Crippen molar-refractivity contribution in [3.05, 3.63) is 42.1 Å². The first-order chi connectivity index (χ1) is 7.68. The lowest BCUT2D eigenvalue weighted by atomic mass is 10.1. The maximum absolute atomic E-state index is 11.8. The Kier molecular flexibility index (Phi) is 2.92. The van der Waals surface area contributed by atoms with Gasteiger partial charge in [-0.15, -0.1) is 0 Å². The average Bonchev–Trinajstić information content (AvgIpc) is 2.30. The molecule has 4 nitrogen and oxygen atoms in total. The van der Waals surface area contributed by atoms with Crippen LogP contribution in [0.1, 0.15) is 5.56 Å². The highest BCUT2D eigenvalue weighted by atomic mass is 16.6. The zero-order chi connectivity index (χ0) is 11.5. The summed E-state index contributed by atoms with van der Waals surface area (Å²) in [5.41, 5.74) is 1.41. The van der Waals surface area contributed by atoms with Gasteiger partial charge in [0.2, 0.25) is 6.35 Å². The molecule has 16 heavy (non-hydrogen) atoms. The Balaban J connectivity index is 2.22. The molecule has 1 aliphatic heterocycles. The Bertz CT molecular complexity index is 412. The molecule has 0 aromatic heterocycles. The number of carbonyl (C=O) groups excluding carboxylic acids is 1. The predicted octanol–water partition coefficient (Wildman–Crippen LogP) is 1.02. The molecule has 84 valence electrons. The summed E-state index contributed by atoms with van der Waals surface area (Å²) >= 11 is 0. The van der Waals surface area contributed by atoms with Gasteiger partial charge in [0.1, 0.15) is 0 Å². The molecule has 0 spiro atoms. The van der Waals surface area contributed by atoms with Crippen LogP contribution in [0, 0.1) is 0 Å². The van der Waals surface area contributed by atoms with Crippen molar-refractivity contribution in [2.45, 2.75) is 6.35 Å². The Labute approximate surface area is 94.5 Å². The van der Waals surface area contributed by atoms with Crippen molar-refractivity contribution in [2.24, 2.45) is 0 Å². The lowest BCUT2D eigenvalue weighted by Gasteiger charge is -2.28. The number of cyclic esters (lactones) is 1. The second-order valence-corrected chi connectivity index (χ2v) is 3.81. The Morgan fingerprint density at radius 3 is 2.50 bits per heavy atom. The van der Waals surface area contributed by atoms with Gasteiger partial charge in [0, 0.05) is 6.20 Å². The van der Waals surface area contributed by atoms with Crippen molar-refractivity contribution in [2.75, 3.05) is 14.1 Å². The summed E-state index contributed by atoms with van der Waals surface area (Å²) in [5, 5.41) is 3.02. The number of nitrogens with one attached hydrogen (secondary N) is 1. The summed E-state index contributed by atoms with van der Waals surface area (Å²) in [7, 11) is 3.68. The molecule has 2 rings (SSSR count). The van der Waals surface area contributed by atoms with Crippen LogP contribution in [0.5, 0.6) is 0 Å². The van der Waals surface area contributed by atoms with E-state index in [9.17, 15) is 4.79 Å². The van der Waals surface area contributed by atoms with Crippen LogP contribution in [-0.2, 0) is 9.53 Å². The molecule has 1 atom stereocenters. The van der Waals surface area contributed by atoms with Gasteiger partial charge in [-0.2, -0.15) is 0 Å².